The fourth-order valence-corrected chi connectivity index (χ4v) is 3.83. The van der Waals surface area contributed by atoms with Crippen LogP contribution in [0.5, 0.6) is 11.5 Å². The number of nitrogens with one attached hydrogen (secondary N) is 1. The van der Waals surface area contributed by atoms with Gasteiger partial charge in [0.15, 0.2) is 11.5 Å². The number of hydrogen-bond acceptors (Lipinski definition) is 4. The van der Waals surface area contributed by atoms with Gasteiger partial charge in [-0.1, -0.05) is 23.7 Å². The first-order valence-corrected chi connectivity index (χ1v) is 11.6. The van der Waals surface area contributed by atoms with E-state index in [0.717, 1.165) is 14.7 Å². The summed E-state index contributed by atoms with van der Waals surface area (Å²) in [6, 6.07) is 18.4. The molecule has 0 heterocycles. The van der Waals surface area contributed by atoms with Crippen LogP contribution in [0.15, 0.2) is 70.2 Å². The molecule has 0 aliphatic carbocycles. The zero-order chi connectivity index (χ0) is 22.2. The number of carbonyl (C=O) groups is 1. The van der Waals surface area contributed by atoms with E-state index < -0.39 is 0 Å². The van der Waals surface area contributed by atoms with E-state index in [4.69, 9.17) is 21.1 Å². The first-order chi connectivity index (χ1) is 15.0. The van der Waals surface area contributed by atoms with Gasteiger partial charge in [0, 0.05) is 14.2 Å². The molecule has 0 saturated heterocycles. The monoisotopic (exact) mass is 612 g/mol. The Morgan fingerprint density at radius 1 is 1.16 bits per heavy atom. The molecule has 3 aromatic rings. The molecular weight excluding hydrogens is 595 g/mol. The summed E-state index contributed by atoms with van der Waals surface area (Å²) >= 11 is 11.8. The molecule has 0 aromatic heterocycles. The molecule has 0 aliphatic heterocycles. The third-order valence-electron chi connectivity index (χ3n) is 4.09. The smallest absolute Gasteiger partial charge is 0.271 e. The lowest BCUT2D eigenvalue weighted by atomic mass is 10.2. The summed E-state index contributed by atoms with van der Waals surface area (Å²) in [4.78, 5) is 12.2. The molecule has 0 fully saturated rings. The number of hydrazone groups is 1. The van der Waals surface area contributed by atoms with Gasteiger partial charge in [0.05, 0.1) is 17.3 Å². The van der Waals surface area contributed by atoms with Gasteiger partial charge in [0.2, 0.25) is 0 Å². The predicted molar refractivity (Wildman–Crippen MR) is 135 cm³/mol. The molecule has 0 aliphatic rings. The standard InChI is InChI=1S/C23H19BrClIN2O3/c1-2-30-21-12-16(13-27-28-23(29)17-6-8-19(26)9-7-17)11-20(24)22(21)31-14-15-4-3-5-18(25)10-15/h3-13H,2,14H2,1H3,(H,28,29)/b27-13-. The molecule has 3 aromatic carbocycles. The highest BCUT2D eigenvalue weighted by Gasteiger charge is 2.12. The summed E-state index contributed by atoms with van der Waals surface area (Å²) in [5.41, 5.74) is 4.77. The molecule has 160 valence electrons. The Labute approximate surface area is 208 Å². The van der Waals surface area contributed by atoms with Crippen molar-refractivity contribution >= 4 is 62.2 Å². The first-order valence-electron chi connectivity index (χ1n) is 9.39. The maximum atomic E-state index is 12.2. The van der Waals surface area contributed by atoms with Crippen LogP contribution in [0.4, 0.5) is 0 Å². The summed E-state index contributed by atoms with van der Waals surface area (Å²) in [5.74, 6) is 0.879. The van der Waals surface area contributed by atoms with Gasteiger partial charge >= 0.3 is 0 Å². The number of nitrogens with zero attached hydrogens (tertiary/aromatic N) is 1. The number of benzene rings is 3. The molecule has 3 rings (SSSR count). The number of ether oxygens (including phenoxy) is 2. The van der Waals surface area contributed by atoms with Gasteiger partial charge in [-0.2, -0.15) is 5.10 Å². The van der Waals surface area contributed by atoms with Gasteiger partial charge in [0.1, 0.15) is 6.61 Å². The van der Waals surface area contributed by atoms with E-state index in [1.165, 1.54) is 0 Å². The average molecular weight is 614 g/mol. The minimum atomic E-state index is -0.279. The SMILES string of the molecule is CCOc1cc(/C=N\NC(=O)c2ccc(I)cc2)cc(Br)c1OCc1cccc(Cl)c1. The summed E-state index contributed by atoms with van der Waals surface area (Å²) in [6.07, 6.45) is 1.55. The second kappa shape index (κ2) is 11.5. The summed E-state index contributed by atoms with van der Waals surface area (Å²) in [5, 5.41) is 4.71. The van der Waals surface area contributed by atoms with Gasteiger partial charge in [0.25, 0.3) is 5.91 Å². The zero-order valence-electron chi connectivity index (χ0n) is 16.6. The fourth-order valence-electron chi connectivity index (χ4n) is 2.68. The highest BCUT2D eigenvalue weighted by molar-refractivity contribution is 14.1. The van der Waals surface area contributed by atoms with Crippen LogP contribution < -0.4 is 14.9 Å². The highest BCUT2D eigenvalue weighted by atomic mass is 127. The van der Waals surface area contributed by atoms with E-state index >= 15 is 0 Å². The van der Waals surface area contributed by atoms with E-state index in [2.05, 4.69) is 49.0 Å². The fraction of sp³-hybridized carbons (Fsp3) is 0.130. The number of hydrogen-bond donors (Lipinski definition) is 1. The summed E-state index contributed by atoms with van der Waals surface area (Å²) < 4.78 is 13.5. The van der Waals surface area contributed by atoms with E-state index in [0.29, 0.717) is 39.8 Å². The lowest BCUT2D eigenvalue weighted by Gasteiger charge is -2.15. The lowest BCUT2D eigenvalue weighted by Crippen LogP contribution is -2.17. The van der Waals surface area contributed by atoms with E-state index in [-0.39, 0.29) is 5.91 Å². The number of rotatable bonds is 8. The number of amides is 1. The van der Waals surface area contributed by atoms with Crippen molar-refractivity contribution in [3.05, 3.63) is 90.4 Å². The Balaban J connectivity index is 1.72. The summed E-state index contributed by atoms with van der Waals surface area (Å²) in [7, 11) is 0. The molecule has 8 heteroatoms. The second-order valence-electron chi connectivity index (χ2n) is 6.39. The van der Waals surface area contributed by atoms with Crippen molar-refractivity contribution in [2.24, 2.45) is 5.10 Å². The quantitative estimate of drug-likeness (QED) is 0.181. The lowest BCUT2D eigenvalue weighted by molar-refractivity contribution is 0.0955. The molecular formula is C23H19BrClIN2O3. The van der Waals surface area contributed by atoms with Gasteiger partial charge in [-0.15, -0.1) is 0 Å². The Kier molecular flexibility index (Phi) is 8.74. The maximum absolute atomic E-state index is 12.2. The Morgan fingerprint density at radius 2 is 1.94 bits per heavy atom. The van der Waals surface area contributed by atoms with Crippen molar-refractivity contribution < 1.29 is 14.3 Å². The van der Waals surface area contributed by atoms with Crippen LogP contribution in [-0.2, 0) is 6.61 Å². The minimum absolute atomic E-state index is 0.279. The maximum Gasteiger partial charge on any atom is 0.271 e. The van der Waals surface area contributed by atoms with Crippen LogP contribution in [0, 0.1) is 3.57 Å². The topological polar surface area (TPSA) is 59.9 Å². The molecule has 0 unspecified atom stereocenters. The third kappa shape index (κ3) is 6.95. The molecule has 0 atom stereocenters. The largest absolute Gasteiger partial charge is 0.490 e. The second-order valence-corrected chi connectivity index (χ2v) is 8.92. The molecule has 0 bridgehead atoms. The zero-order valence-corrected chi connectivity index (χ0v) is 21.1. The van der Waals surface area contributed by atoms with Crippen molar-refractivity contribution in [3.8, 4) is 11.5 Å². The Morgan fingerprint density at radius 3 is 2.65 bits per heavy atom. The van der Waals surface area contributed by atoms with Gasteiger partial charge < -0.3 is 9.47 Å². The van der Waals surface area contributed by atoms with Gasteiger partial charge in [-0.25, -0.2) is 5.43 Å². The first kappa shape index (κ1) is 23.6. The number of carbonyl (C=O) groups excluding carboxylic acids is 1. The molecule has 1 amide bonds. The molecule has 31 heavy (non-hydrogen) atoms. The van der Waals surface area contributed by atoms with Crippen molar-refractivity contribution in [3.63, 3.8) is 0 Å². The Bertz CT molecular complexity index is 1090. The highest BCUT2D eigenvalue weighted by Crippen LogP contribution is 2.37. The predicted octanol–water partition coefficient (Wildman–Crippen LogP) is 6.45. The van der Waals surface area contributed by atoms with Crippen LogP contribution in [0.3, 0.4) is 0 Å². The molecule has 1 N–H and O–H groups in total. The van der Waals surface area contributed by atoms with E-state index in [1.807, 2.05) is 55.5 Å². The van der Waals surface area contributed by atoms with Crippen molar-refractivity contribution in [1.82, 2.24) is 5.43 Å². The van der Waals surface area contributed by atoms with E-state index in [9.17, 15) is 4.79 Å². The molecule has 0 radical (unpaired) electrons. The molecule has 0 saturated carbocycles. The molecule has 5 nitrogen and oxygen atoms in total. The van der Waals surface area contributed by atoms with Crippen LogP contribution in [-0.4, -0.2) is 18.7 Å². The van der Waals surface area contributed by atoms with Gasteiger partial charge in [-0.3, -0.25) is 4.79 Å². The van der Waals surface area contributed by atoms with Crippen LogP contribution >= 0.6 is 50.1 Å². The normalized spacial score (nSPS) is 10.8. The summed E-state index contributed by atoms with van der Waals surface area (Å²) in [6.45, 7) is 2.72. The van der Waals surface area contributed by atoms with Crippen molar-refractivity contribution in [2.45, 2.75) is 13.5 Å². The molecule has 0 spiro atoms. The van der Waals surface area contributed by atoms with Crippen LogP contribution in [0.1, 0.15) is 28.4 Å². The van der Waals surface area contributed by atoms with E-state index in [1.54, 1.807) is 18.3 Å². The third-order valence-corrected chi connectivity index (χ3v) is 5.63. The average Bonchev–Trinajstić information content (AvgIpc) is 2.74. The van der Waals surface area contributed by atoms with Crippen molar-refractivity contribution in [1.29, 1.82) is 0 Å². The van der Waals surface area contributed by atoms with Crippen molar-refractivity contribution in [2.75, 3.05) is 6.61 Å². The van der Waals surface area contributed by atoms with Crippen LogP contribution in [0.25, 0.3) is 0 Å². The van der Waals surface area contributed by atoms with Gasteiger partial charge in [-0.05, 0) is 105 Å². The Hall–Kier alpha value is -2.10. The van der Waals surface area contributed by atoms with Crippen LogP contribution in [0.2, 0.25) is 5.02 Å². The minimum Gasteiger partial charge on any atom is -0.490 e. The number of halogens is 3.